The van der Waals surface area contributed by atoms with Crippen LogP contribution >= 0.6 is 0 Å². The number of rotatable bonds is 4. The summed E-state index contributed by atoms with van der Waals surface area (Å²) in [6.07, 6.45) is 0. The first-order valence-corrected chi connectivity index (χ1v) is 6.44. The highest BCUT2D eigenvalue weighted by molar-refractivity contribution is 5.37. The Morgan fingerprint density at radius 2 is 1.58 bits per heavy atom. The lowest BCUT2D eigenvalue weighted by Gasteiger charge is -2.41. The van der Waals surface area contributed by atoms with Crippen LogP contribution in [0.5, 0.6) is 11.5 Å². The van der Waals surface area contributed by atoms with Crippen LogP contribution < -0.4 is 10.5 Å². The Kier molecular flexibility index (Phi) is 3.23. The van der Waals surface area contributed by atoms with E-state index >= 15 is 0 Å². The van der Waals surface area contributed by atoms with E-state index in [1.807, 2.05) is 42.5 Å². The zero-order chi connectivity index (χ0) is 13.1. The molecule has 2 N–H and O–H groups in total. The van der Waals surface area contributed by atoms with Gasteiger partial charge in [0.25, 0.3) is 0 Å². The fraction of sp³-hybridized carbons (Fsp3) is 0.250. The molecule has 0 saturated carbocycles. The van der Waals surface area contributed by atoms with Crippen molar-refractivity contribution in [2.24, 2.45) is 5.73 Å². The first-order valence-electron chi connectivity index (χ1n) is 6.44. The first-order chi connectivity index (χ1) is 9.32. The van der Waals surface area contributed by atoms with Gasteiger partial charge in [0.1, 0.15) is 11.5 Å². The molecule has 1 heterocycles. The van der Waals surface area contributed by atoms with Gasteiger partial charge < -0.3 is 15.2 Å². The maximum atomic E-state index is 5.85. The molecular weight excluding hydrogens is 238 g/mol. The molecule has 0 radical (unpaired) electrons. The lowest BCUT2D eigenvalue weighted by Crippen LogP contribution is -2.52. The Balaban J connectivity index is 1.76. The van der Waals surface area contributed by atoms with E-state index in [1.165, 1.54) is 5.56 Å². The van der Waals surface area contributed by atoms with E-state index in [1.54, 1.807) is 0 Å². The molecule has 2 aromatic carbocycles. The van der Waals surface area contributed by atoms with Crippen molar-refractivity contribution in [1.82, 2.24) is 0 Å². The molecule has 98 valence electrons. The van der Waals surface area contributed by atoms with Gasteiger partial charge in [0.15, 0.2) is 0 Å². The number of para-hydroxylation sites is 1. The smallest absolute Gasteiger partial charge is 0.127 e. The van der Waals surface area contributed by atoms with E-state index in [0.29, 0.717) is 19.8 Å². The van der Waals surface area contributed by atoms with Crippen LogP contribution in [0.25, 0.3) is 0 Å². The number of nitrogens with two attached hydrogens (primary N) is 1. The second-order valence-electron chi connectivity index (χ2n) is 4.92. The summed E-state index contributed by atoms with van der Waals surface area (Å²) in [4.78, 5) is 0. The second-order valence-corrected chi connectivity index (χ2v) is 4.92. The molecule has 0 atom stereocenters. The summed E-state index contributed by atoms with van der Waals surface area (Å²) in [5.41, 5.74) is 7.08. The summed E-state index contributed by atoms with van der Waals surface area (Å²) < 4.78 is 11.1. The monoisotopic (exact) mass is 255 g/mol. The highest BCUT2D eigenvalue weighted by Gasteiger charge is 2.38. The van der Waals surface area contributed by atoms with Gasteiger partial charge in [-0.25, -0.2) is 0 Å². The van der Waals surface area contributed by atoms with Crippen molar-refractivity contribution < 1.29 is 9.47 Å². The second kappa shape index (κ2) is 5.03. The van der Waals surface area contributed by atoms with E-state index in [9.17, 15) is 0 Å². The summed E-state index contributed by atoms with van der Waals surface area (Å²) >= 11 is 0. The third-order valence-electron chi connectivity index (χ3n) is 3.59. The molecule has 0 unspecified atom stereocenters. The molecule has 1 aliphatic rings. The molecule has 0 aliphatic carbocycles. The van der Waals surface area contributed by atoms with Crippen LogP contribution in [0.2, 0.25) is 0 Å². The van der Waals surface area contributed by atoms with Crippen LogP contribution in [0, 0.1) is 0 Å². The topological polar surface area (TPSA) is 44.5 Å². The van der Waals surface area contributed by atoms with E-state index in [-0.39, 0.29) is 5.41 Å². The predicted octanol–water partition coefficient (Wildman–Crippen LogP) is 2.71. The average molecular weight is 255 g/mol. The maximum absolute atomic E-state index is 5.85. The molecule has 2 aromatic rings. The number of hydrogen-bond donors (Lipinski definition) is 1. The van der Waals surface area contributed by atoms with Crippen LogP contribution in [0.15, 0.2) is 54.6 Å². The van der Waals surface area contributed by atoms with Crippen LogP contribution in [0.3, 0.4) is 0 Å². The van der Waals surface area contributed by atoms with Gasteiger partial charge in [-0.3, -0.25) is 0 Å². The number of benzene rings is 2. The molecule has 1 fully saturated rings. The molecule has 3 rings (SSSR count). The van der Waals surface area contributed by atoms with Crippen molar-refractivity contribution in [3.05, 3.63) is 60.2 Å². The van der Waals surface area contributed by atoms with Gasteiger partial charge in [-0.1, -0.05) is 30.3 Å². The van der Waals surface area contributed by atoms with Crippen molar-refractivity contribution in [1.29, 1.82) is 0 Å². The van der Waals surface area contributed by atoms with Crippen molar-refractivity contribution in [2.75, 3.05) is 19.8 Å². The minimum absolute atomic E-state index is 0.00524. The van der Waals surface area contributed by atoms with Gasteiger partial charge in [0.05, 0.1) is 18.6 Å². The zero-order valence-corrected chi connectivity index (χ0v) is 10.7. The molecule has 0 amide bonds. The van der Waals surface area contributed by atoms with Gasteiger partial charge in [0, 0.05) is 6.54 Å². The minimum atomic E-state index is 0.00524. The molecule has 3 nitrogen and oxygen atoms in total. The Bertz CT molecular complexity index is 527. The van der Waals surface area contributed by atoms with Gasteiger partial charge in [-0.2, -0.15) is 0 Å². The van der Waals surface area contributed by atoms with Crippen LogP contribution in [-0.4, -0.2) is 19.8 Å². The fourth-order valence-corrected chi connectivity index (χ4v) is 2.25. The largest absolute Gasteiger partial charge is 0.457 e. The quantitative estimate of drug-likeness (QED) is 0.913. The Labute approximate surface area is 113 Å². The number of ether oxygens (including phenoxy) is 2. The SMILES string of the molecule is NCC1(c2ccc(Oc3ccccc3)cc2)COC1. The number of hydrogen-bond acceptors (Lipinski definition) is 3. The molecule has 0 aromatic heterocycles. The summed E-state index contributed by atoms with van der Waals surface area (Å²) in [5.74, 6) is 1.68. The van der Waals surface area contributed by atoms with E-state index in [2.05, 4.69) is 12.1 Å². The Morgan fingerprint density at radius 1 is 0.947 bits per heavy atom. The van der Waals surface area contributed by atoms with E-state index < -0.39 is 0 Å². The van der Waals surface area contributed by atoms with E-state index in [4.69, 9.17) is 15.2 Å². The summed E-state index contributed by atoms with van der Waals surface area (Å²) in [6, 6.07) is 17.9. The highest BCUT2D eigenvalue weighted by Crippen LogP contribution is 2.32. The predicted molar refractivity (Wildman–Crippen MR) is 74.5 cm³/mol. The molecule has 0 bridgehead atoms. The molecule has 1 aliphatic heterocycles. The Hall–Kier alpha value is -1.84. The lowest BCUT2D eigenvalue weighted by atomic mass is 9.79. The van der Waals surface area contributed by atoms with E-state index in [0.717, 1.165) is 11.5 Å². The van der Waals surface area contributed by atoms with Crippen molar-refractivity contribution >= 4 is 0 Å². The zero-order valence-electron chi connectivity index (χ0n) is 10.7. The highest BCUT2D eigenvalue weighted by atomic mass is 16.5. The molecule has 19 heavy (non-hydrogen) atoms. The van der Waals surface area contributed by atoms with Crippen molar-refractivity contribution in [3.8, 4) is 11.5 Å². The average Bonchev–Trinajstić information content (AvgIpc) is 2.41. The fourth-order valence-electron chi connectivity index (χ4n) is 2.25. The van der Waals surface area contributed by atoms with Gasteiger partial charge in [-0.15, -0.1) is 0 Å². The third kappa shape index (κ3) is 2.35. The molecule has 1 saturated heterocycles. The standard InChI is InChI=1S/C16H17NO2/c17-10-16(11-18-12-16)13-6-8-15(9-7-13)19-14-4-2-1-3-5-14/h1-9H,10-12,17H2. The Morgan fingerprint density at radius 3 is 2.11 bits per heavy atom. The van der Waals surface area contributed by atoms with Crippen molar-refractivity contribution in [2.45, 2.75) is 5.41 Å². The normalized spacial score (nSPS) is 16.7. The molecule has 3 heteroatoms. The lowest BCUT2D eigenvalue weighted by molar-refractivity contribution is -0.0550. The summed E-state index contributed by atoms with van der Waals surface area (Å²) in [6.45, 7) is 2.04. The summed E-state index contributed by atoms with van der Waals surface area (Å²) in [5, 5.41) is 0. The van der Waals surface area contributed by atoms with Gasteiger partial charge in [0.2, 0.25) is 0 Å². The minimum Gasteiger partial charge on any atom is -0.457 e. The van der Waals surface area contributed by atoms with Gasteiger partial charge >= 0.3 is 0 Å². The first kappa shape index (κ1) is 12.2. The maximum Gasteiger partial charge on any atom is 0.127 e. The van der Waals surface area contributed by atoms with Crippen LogP contribution in [0.1, 0.15) is 5.56 Å². The third-order valence-corrected chi connectivity index (χ3v) is 3.59. The summed E-state index contributed by atoms with van der Waals surface area (Å²) in [7, 11) is 0. The van der Waals surface area contributed by atoms with Crippen LogP contribution in [-0.2, 0) is 10.2 Å². The molecule has 0 spiro atoms. The van der Waals surface area contributed by atoms with Gasteiger partial charge in [-0.05, 0) is 29.8 Å². The van der Waals surface area contributed by atoms with Crippen LogP contribution in [0.4, 0.5) is 0 Å². The van der Waals surface area contributed by atoms with Crippen molar-refractivity contribution in [3.63, 3.8) is 0 Å². The molecular formula is C16H17NO2.